The van der Waals surface area contributed by atoms with Gasteiger partial charge >= 0.3 is 0 Å². The topological polar surface area (TPSA) is 93.0 Å². The number of aromatic nitrogens is 8. The number of imidazole rings is 4. The number of hydrogen-bond donors (Lipinski definition) is 2. The van der Waals surface area contributed by atoms with Crippen molar-refractivity contribution in [2.24, 2.45) is 0 Å². The summed E-state index contributed by atoms with van der Waals surface area (Å²) in [4.78, 5) is 22.8. The minimum Gasteiger partial charge on any atom is -0.350 e. The van der Waals surface area contributed by atoms with Crippen molar-refractivity contribution in [2.75, 3.05) is 0 Å². The van der Waals surface area contributed by atoms with Crippen LogP contribution < -0.4 is 0 Å². The molecule has 0 aliphatic heterocycles. The van der Waals surface area contributed by atoms with Crippen LogP contribution in [0.15, 0.2) is 43.6 Å². The van der Waals surface area contributed by atoms with Crippen LogP contribution in [0.1, 0.15) is 0 Å². The van der Waals surface area contributed by atoms with Crippen molar-refractivity contribution in [1.29, 1.82) is 0 Å². The largest absolute Gasteiger partial charge is 0.350 e. The van der Waals surface area contributed by atoms with E-state index in [9.17, 15) is 0 Å². The molecule has 8 heteroatoms. The third-order valence-corrected chi connectivity index (χ3v) is 2.85. The average molecular weight is 265 g/mol. The Labute approximate surface area is 113 Å². The Morgan fingerprint density at radius 2 is 2.20 bits per heavy atom. The van der Waals surface area contributed by atoms with Gasteiger partial charge in [0.1, 0.15) is 23.9 Å². The highest BCUT2D eigenvalue weighted by Gasteiger charge is 2.17. The van der Waals surface area contributed by atoms with E-state index in [0.29, 0.717) is 23.0 Å². The molecule has 97 valence electrons. The molecule has 0 atom stereocenters. The molecular formula is C12H9N8. The highest BCUT2D eigenvalue weighted by atomic mass is 15.5. The highest BCUT2D eigenvalue weighted by Crippen LogP contribution is 2.22. The van der Waals surface area contributed by atoms with Gasteiger partial charge in [-0.15, -0.1) is 0 Å². The van der Waals surface area contributed by atoms with Crippen LogP contribution in [0.25, 0.3) is 23.0 Å². The maximum atomic E-state index is 4.32. The van der Waals surface area contributed by atoms with Crippen LogP contribution in [-0.2, 0) is 0 Å². The van der Waals surface area contributed by atoms with Crippen molar-refractivity contribution in [3.63, 3.8) is 0 Å². The van der Waals surface area contributed by atoms with Gasteiger partial charge in [-0.2, -0.15) is 0 Å². The van der Waals surface area contributed by atoms with Gasteiger partial charge in [-0.25, -0.2) is 29.3 Å². The Morgan fingerprint density at radius 1 is 1.20 bits per heavy atom. The first-order valence-electron chi connectivity index (χ1n) is 5.91. The summed E-state index contributed by atoms with van der Waals surface area (Å²) in [7, 11) is 0. The predicted octanol–water partition coefficient (Wildman–Crippen LogP) is 0.971. The van der Waals surface area contributed by atoms with E-state index < -0.39 is 0 Å². The zero-order valence-electron chi connectivity index (χ0n) is 10.2. The van der Waals surface area contributed by atoms with E-state index in [2.05, 4.69) is 36.1 Å². The molecule has 8 nitrogen and oxygen atoms in total. The summed E-state index contributed by atoms with van der Waals surface area (Å²) in [5.74, 6) is 1.32. The van der Waals surface area contributed by atoms with Gasteiger partial charge in [0.25, 0.3) is 0 Å². The van der Waals surface area contributed by atoms with Gasteiger partial charge in [0, 0.05) is 31.0 Å². The van der Waals surface area contributed by atoms with Crippen LogP contribution in [-0.4, -0.2) is 39.3 Å². The second kappa shape index (κ2) is 4.19. The minimum absolute atomic E-state index is 0.649. The summed E-state index contributed by atoms with van der Waals surface area (Å²) in [6.45, 7) is 0. The third kappa shape index (κ3) is 1.55. The number of nitrogens with zero attached hydrogens (tertiary/aromatic N) is 6. The summed E-state index contributed by atoms with van der Waals surface area (Å²) in [6, 6.07) is 0. The molecule has 0 amide bonds. The first kappa shape index (κ1) is 10.7. The molecule has 4 heterocycles. The predicted molar refractivity (Wildman–Crippen MR) is 69.2 cm³/mol. The zero-order valence-corrected chi connectivity index (χ0v) is 10.2. The minimum atomic E-state index is 0.649. The van der Waals surface area contributed by atoms with Gasteiger partial charge in [0.15, 0.2) is 11.6 Å². The van der Waals surface area contributed by atoms with Crippen LogP contribution in [0.2, 0.25) is 0 Å². The van der Waals surface area contributed by atoms with E-state index >= 15 is 0 Å². The van der Waals surface area contributed by atoms with E-state index in [1.54, 1.807) is 42.1 Å². The molecule has 0 aliphatic rings. The summed E-state index contributed by atoms with van der Waals surface area (Å²) in [5.41, 5.74) is 1.42. The smallest absolute Gasteiger partial charge is 0.181 e. The second-order valence-corrected chi connectivity index (χ2v) is 4.04. The molecule has 0 fully saturated rings. The fraction of sp³-hybridized carbons (Fsp3) is 0. The number of H-pyrrole nitrogens is 2. The van der Waals surface area contributed by atoms with Crippen LogP contribution in [0.5, 0.6) is 0 Å². The molecule has 0 aromatic carbocycles. The van der Waals surface area contributed by atoms with Crippen molar-refractivity contribution in [3.05, 3.63) is 49.8 Å². The van der Waals surface area contributed by atoms with E-state index in [1.807, 2.05) is 10.9 Å². The fourth-order valence-electron chi connectivity index (χ4n) is 2.00. The molecule has 20 heavy (non-hydrogen) atoms. The Balaban J connectivity index is 1.98. The lowest BCUT2D eigenvalue weighted by Crippen LogP contribution is -2.10. The van der Waals surface area contributed by atoms with Crippen molar-refractivity contribution < 1.29 is 0 Å². The van der Waals surface area contributed by atoms with Gasteiger partial charge in [-0.3, -0.25) is 0 Å². The van der Waals surface area contributed by atoms with E-state index in [4.69, 9.17) is 0 Å². The quantitative estimate of drug-likeness (QED) is 0.577. The molecule has 0 bridgehead atoms. The lowest BCUT2D eigenvalue weighted by atomic mass is 10.4. The van der Waals surface area contributed by atoms with E-state index in [0.717, 1.165) is 0 Å². The Kier molecular flexibility index (Phi) is 2.25. The van der Waals surface area contributed by atoms with Crippen LogP contribution in [0.3, 0.4) is 0 Å². The molecule has 1 radical (unpaired) electrons. The van der Waals surface area contributed by atoms with E-state index in [-0.39, 0.29) is 0 Å². The first-order valence-corrected chi connectivity index (χ1v) is 5.91. The molecule has 0 saturated carbocycles. The molecule has 2 N–H and O–H groups in total. The monoisotopic (exact) mass is 265 g/mol. The van der Waals surface area contributed by atoms with Gasteiger partial charge < -0.3 is 9.97 Å². The van der Waals surface area contributed by atoms with E-state index in [1.165, 1.54) is 0 Å². The standard InChI is InChI=1S/C12H9N8/c1-2-16-11(15-1)10-6-17-12(9-5-14-7-18-9)20(10)19-4-3-13-8-19/h1-5,7-8H,(H,14,18)(H,15,16). The Morgan fingerprint density at radius 3 is 2.90 bits per heavy atom. The number of hydrogen-bond acceptors (Lipinski definition) is 4. The van der Waals surface area contributed by atoms with Gasteiger partial charge in [-0.1, -0.05) is 0 Å². The van der Waals surface area contributed by atoms with Crippen LogP contribution >= 0.6 is 0 Å². The molecule has 4 aromatic heterocycles. The molecule has 0 saturated heterocycles. The number of aromatic amines is 2. The maximum absolute atomic E-state index is 4.32. The summed E-state index contributed by atoms with van der Waals surface area (Å²) < 4.78 is 3.63. The molecule has 0 spiro atoms. The Bertz CT molecular complexity index is 740. The van der Waals surface area contributed by atoms with Gasteiger partial charge in [0.2, 0.25) is 0 Å². The first-order chi connectivity index (χ1) is 9.93. The average Bonchev–Trinajstić information content (AvgIpc) is 3.23. The number of nitrogens with one attached hydrogen (secondary N) is 2. The van der Waals surface area contributed by atoms with Crippen molar-refractivity contribution in [2.45, 2.75) is 0 Å². The normalized spacial score (nSPS) is 11.0. The molecule has 0 unspecified atom stereocenters. The maximum Gasteiger partial charge on any atom is 0.181 e. The SMILES string of the molecule is [c]1nc(-c2c[nH]cn2)n(-n2ccnc2)c1-c1ncc[nH]1. The van der Waals surface area contributed by atoms with Crippen molar-refractivity contribution in [3.8, 4) is 23.0 Å². The summed E-state index contributed by atoms with van der Waals surface area (Å²) in [6.07, 6.45) is 15.0. The highest BCUT2D eigenvalue weighted by molar-refractivity contribution is 5.57. The lowest BCUT2D eigenvalue weighted by molar-refractivity contribution is 0.668. The molecular weight excluding hydrogens is 256 g/mol. The lowest BCUT2D eigenvalue weighted by Gasteiger charge is -2.09. The summed E-state index contributed by atoms with van der Waals surface area (Å²) >= 11 is 0. The molecule has 0 aliphatic carbocycles. The van der Waals surface area contributed by atoms with Crippen LogP contribution in [0.4, 0.5) is 0 Å². The van der Waals surface area contributed by atoms with Crippen molar-refractivity contribution in [1.82, 2.24) is 39.3 Å². The Hall–Kier alpha value is -3.16. The zero-order chi connectivity index (χ0) is 13.4. The molecule has 4 aromatic rings. The molecule has 4 rings (SSSR count). The van der Waals surface area contributed by atoms with Gasteiger partial charge in [-0.05, 0) is 0 Å². The fourth-order valence-corrected chi connectivity index (χ4v) is 2.00. The third-order valence-electron chi connectivity index (χ3n) is 2.85. The second-order valence-electron chi connectivity index (χ2n) is 4.04. The van der Waals surface area contributed by atoms with Crippen LogP contribution in [0, 0.1) is 6.20 Å². The van der Waals surface area contributed by atoms with Gasteiger partial charge in [0.05, 0.1) is 6.33 Å². The number of rotatable bonds is 3. The van der Waals surface area contributed by atoms with Crippen molar-refractivity contribution >= 4 is 0 Å². The summed E-state index contributed by atoms with van der Waals surface area (Å²) in [5, 5.41) is 0.